The van der Waals surface area contributed by atoms with Crippen molar-refractivity contribution in [3.8, 4) is 0 Å². The highest BCUT2D eigenvalue weighted by Crippen LogP contribution is 2.47. The van der Waals surface area contributed by atoms with E-state index in [0.29, 0.717) is 21.5 Å². The molecule has 1 heterocycles. The molecule has 3 rings (SSSR count). The van der Waals surface area contributed by atoms with Gasteiger partial charge in [-0.3, -0.25) is 9.36 Å². The van der Waals surface area contributed by atoms with Crippen molar-refractivity contribution in [3.63, 3.8) is 0 Å². The first-order valence-electron chi connectivity index (χ1n) is 8.11. The number of hydrogen-bond acceptors (Lipinski definition) is 3. The molecule has 0 bridgehead atoms. The van der Waals surface area contributed by atoms with Crippen LogP contribution in [0.25, 0.3) is 10.9 Å². The van der Waals surface area contributed by atoms with Gasteiger partial charge in [0.25, 0.3) is 13.3 Å². The van der Waals surface area contributed by atoms with Crippen molar-refractivity contribution in [2.24, 2.45) is 5.73 Å². The molecule has 1 aromatic heterocycles. The van der Waals surface area contributed by atoms with E-state index < -0.39 is 13.3 Å². The molecule has 25 heavy (non-hydrogen) atoms. The third kappa shape index (κ3) is 3.01. The van der Waals surface area contributed by atoms with Crippen molar-refractivity contribution < 1.29 is 13.9 Å². The number of aromatic nitrogens is 1. The van der Waals surface area contributed by atoms with Gasteiger partial charge in [0.05, 0.1) is 11.9 Å². The predicted octanol–water partition coefficient (Wildman–Crippen LogP) is 3.15. The monoisotopic (exact) mass is 356 g/mol. The number of H-pyrrole nitrogens is 1. The van der Waals surface area contributed by atoms with Crippen molar-refractivity contribution in [2.45, 2.75) is 20.8 Å². The van der Waals surface area contributed by atoms with Gasteiger partial charge < -0.3 is 15.2 Å². The number of aryl methyl sites for hydroxylation is 2. The van der Waals surface area contributed by atoms with Crippen molar-refractivity contribution in [1.82, 2.24) is 4.98 Å². The van der Waals surface area contributed by atoms with Gasteiger partial charge in [0.2, 0.25) is 0 Å². The summed E-state index contributed by atoms with van der Waals surface area (Å²) in [5.41, 5.74) is 8.46. The van der Waals surface area contributed by atoms with Gasteiger partial charge in [-0.1, -0.05) is 29.3 Å². The van der Waals surface area contributed by atoms with Gasteiger partial charge >= 0.3 is 0 Å². The molecule has 0 aliphatic carbocycles. The zero-order valence-corrected chi connectivity index (χ0v) is 15.4. The lowest BCUT2D eigenvalue weighted by Crippen LogP contribution is -2.26. The Kier molecular flexibility index (Phi) is 4.55. The molecule has 1 amide bonds. The van der Waals surface area contributed by atoms with Gasteiger partial charge in [0.1, 0.15) is 5.69 Å². The summed E-state index contributed by atoms with van der Waals surface area (Å²) in [6.07, 6.45) is 0. The quantitative estimate of drug-likeness (QED) is 0.689. The maximum Gasteiger partial charge on any atom is 0.266 e. The molecule has 6 heteroatoms. The minimum atomic E-state index is -3.49. The fraction of sp³-hybridized carbons (Fsp3) is 0.211. The molecule has 5 nitrogen and oxygen atoms in total. The summed E-state index contributed by atoms with van der Waals surface area (Å²) in [7, 11) is -3.49. The fourth-order valence-electron chi connectivity index (χ4n) is 2.97. The van der Waals surface area contributed by atoms with Gasteiger partial charge in [-0.2, -0.15) is 0 Å². The molecule has 3 N–H and O–H groups in total. The smallest absolute Gasteiger partial charge is 0.266 e. The first-order chi connectivity index (χ1) is 11.9. The molecular weight excluding hydrogens is 335 g/mol. The van der Waals surface area contributed by atoms with Crippen LogP contribution in [0.4, 0.5) is 0 Å². The SMILES string of the molecule is CCOP(=O)(c1ccc(C)cc1)c1c(C(N)=O)[nH]c2ccc(C)cc12. The third-order valence-electron chi connectivity index (χ3n) is 4.15. The molecule has 0 saturated heterocycles. The number of carbonyl (C=O) groups excluding carboxylic acids is 1. The van der Waals surface area contributed by atoms with E-state index in [1.54, 1.807) is 19.1 Å². The number of benzene rings is 2. The molecular formula is C19H21N2O3P. The minimum absolute atomic E-state index is 0.137. The first-order valence-corrected chi connectivity index (χ1v) is 9.74. The molecule has 0 saturated carbocycles. The highest BCUT2D eigenvalue weighted by Gasteiger charge is 2.35. The number of nitrogens with two attached hydrogens (primary N) is 1. The molecule has 1 unspecified atom stereocenters. The lowest BCUT2D eigenvalue weighted by Gasteiger charge is -2.19. The second kappa shape index (κ2) is 6.51. The van der Waals surface area contributed by atoms with Crippen molar-refractivity contribution in [2.75, 3.05) is 6.61 Å². The average molecular weight is 356 g/mol. The summed E-state index contributed by atoms with van der Waals surface area (Å²) >= 11 is 0. The van der Waals surface area contributed by atoms with Gasteiger partial charge in [-0.15, -0.1) is 0 Å². The van der Waals surface area contributed by atoms with Crippen LogP contribution in [-0.4, -0.2) is 17.5 Å². The zero-order valence-electron chi connectivity index (χ0n) is 14.5. The van der Waals surface area contributed by atoms with Crippen LogP contribution in [-0.2, 0) is 9.09 Å². The first kappa shape index (κ1) is 17.5. The predicted molar refractivity (Wildman–Crippen MR) is 101 cm³/mol. The summed E-state index contributed by atoms with van der Waals surface area (Å²) in [6.45, 7) is 5.93. The molecule has 1 atom stereocenters. The lowest BCUT2D eigenvalue weighted by molar-refractivity contribution is 0.0997. The summed E-state index contributed by atoms with van der Waals surface area (Å²) in [5, 5.41) is 1.60. The Hall–Kier alpha value is -2.36. The van der Waals surface area contributed by atoms with Crippen molar-refractivity contribution >= 4 is 34.8 Å². The second-order valence-electron chi connectivity index (χ2n) is 6.07. The Bertz CT molecular complexity index is 990. The van der Waals surface area contributed by atoms with Crippen LogP contribution in [0.2, 0.25) is 0 Å². The van der Waals surface area contributed by atoms with E-state index >= 15 is 0 Å². The van der Waals surface area contributed by atoms with Crippen molar-refractivity contribution in [1.29, 1.82) is 0 Å². The van der Waals surface area contributed by atoms with E-state index in [1.807, 2.05) is 44.2 Å². The summed E-state index contributed by atoms with van der Waals surface area (Å²) < 4.78 is 19.8. The number of nitrogens with one attached hydrogen (secondary N) is 1. The molecule has 0 spiro atoms. The number of carbonyl (C=O) groups is 1. The Balaban J connectivity index is 2.38. The highest BCUT2D eigenvalue weighted by atomic mass is 31.2. The van der Waals surface area contributed by atoms with Crippen LogP contribution < -0.4 is 16.3 Å². The van der Waals surface area contributed by atoms with Crippen LogP contribution in [0.1, 0.15) is 28.5 Å². The number of fused-ring (bicyclic) bond motifs is 1. The van der Waals surface area contributed by atoms with Crippen LogP contribution in [0, 0.1) is 13.8 Å². The van der Waals surface area contributed by atoms with E-state index in [4.69, 9.17) is 10.3 Å². The van der Waals surface area contributed by atoms with E-state index in [9.17, 15) is 9.36 Å². The van der Waals surface area contributed by atoms with Gasteiger partial charge in [0.15, 0.2) is 0 Å². The third-order valence-corrected chi connectivity index (χ3v) is 6.81. The standard InChI is InChI=1S/C19H21N2O3P/c1-4-24-25(23,14-8-5-12(2)6-9-14)18-15-11-13(3)7-10-16(15)21-17(18)19(20)22/h5-11,21H,4H2,1-3H3,(H2,20,22). The van der Waals surface area contributed by atoms with Crippen LogP contribution in [0.5, 0.6) is 0 Å². The van der Waals surface area contributed by atoms with Crippen LogP contribution in [0.15, 0.2) is 42.5 Å². The molecule has 0 aliphatic rings. The molecule has 130 valence electrons. The molecule has 3 aromatic rings. The van der Waals surface area contributed by atoms with Gasteiger partial charge in [-0.25, -0.2) is 0 Å². The van der Waals surface area contributed by atoms with Gasteiger partial charge in [-0.05, 0) is 45.0 Å². The Morgan fingerprint density at radius 1 is 1.12 bits per heavy atom. The van der Waals surface area contributed by atoms with Crippen molar-refractivity contribution in [3.05, 3.63) is 59.3 Å². The maximum atomic E-state index is 14.0. The number of aromatic amines is 1. The molecule has 0 radical (unpaired) electrons. The van der Waals surface area contributed by atoms with E-state index in [0.717, 1.165) is 11.1 Å². The van der Waals surface area contributed by atoms with E-state index in [1.165, 1.54) is 0 Å². The van der Waals surface area contributed by atoms with Gasteiger partial charge in [0, 0.05) is 16.2 Å². The van der Waals surface area contributed by atoms with E-state index in [2.05, 4.69) is 4.98 Å². The number of hydrogen-bond donors (Lipinski definition) is 2. The number of amides is 1. The zero-order chi connectivity index (χ0) is 18.2. The lowest BCUT2D eigenvalue weighted by atomic mass is 10.2. The second-order valence-corrected chi connectivity index (χ2v) is 8.39. The topological polar surface area (TPSA) is 85.2 Å². The molecule has 0 aliphatic heterocycles. The summed E-state index contributed by atoms with van der Waals surface area (Å²) in [6, 6.07) is 13.0. The summed E-state index contributed by atoms with van der Waals surface area (Å²) in [5.74, 6) is -0.657. The highest BCUT2D eigenvalue weighted by molar-refractivity contribution is 7.75. The average Bonchev–Trinajstić information content (AvgIpc) is 2.95. The Morgan fingerprint density at radius 2 is 1.76 bits per heavy atom. The van der Waals surface area contributed by atoms with Crippen LogP contribution in [0.3, 0.4) is 0 Å². The number of rotatable bonds is 5. The van der Waals surface area contributed by atoms with Crippen LogP contribution >= 0.6 is 7.37 Å². The molecule has 2 aromatic carbocycles. The Labute approximate surface area is 146 Å². The normalized spacial score (nSPS) is 13.7. The Morgan fingerprint density at radius 3 is 2.36 bits per heavy atom. The fourth-order valence-corrected chi connectivity index (χ4v) is 5.37. The largest absolute Gasteiger partial charge is 0.364 e. The molecule has 0 fully saturated rings. The summed E-state index contributed by atoms with van der Waals surface area (Å²) in [4.78, 5) is 15.0. The number of primary amides is 1. The van der Waals surface area contributed by atoms with E-state index in [-0.39, 0.29) is 12.3 Å². The maximum absolute atomic E-state index is 14.0. The minimum Gasteiger partial charge on any atom is -0.364 e.